The lowest BCUT2D eigenvalue weighted by Gasteiger charge is -2.12. The smallest absolute Gasteiger partial charge is 0.242 e. The first kappa shape index (κ1) is 17.1. The lowest BCUT2D eigenvalue weighted by molar-refractivity contribution is -0.117. The van der Waals surface area contributed by atoms with Crippen LogP contribution in [0.3, 0.4) is 0 Å². The first-order valence-corrected chi connectivity index (χ1v) is 8.13. The molecule has 0 aromatic heterocycles. The highest BCUT2D eigenvalue weighted by molar-refractivity contribution is 5.98. The van der Waals surface area contributed by atoms with Gasteiger partial charge >= 0.3 is 0 Å². The fourth-order valence-corrected chi connectivity index (χ4v) is 2.85. The molecule has 0 aliphatic carbocycles. The maximum absolute atomic E-state index is 12.5. The van der Waals surface area contributed by atoms with Crippen LogP contribution in [0.25, 0.3) is 0 Å². The van der Waals surface area contributed by atoms with Crippen LogP contribution in [-0.2, 0) is 4.79 Å². The first-order valence-electron chi connectivity index (χ1n) is 8.13. The van der Waals surface area contributed by atoms with E-state index in [4.69, 9.17) is 4.74 Å². The van der Waals surface area contributed by atoms with Gasteiger partial charge in [0.2, 0.25) is 5.91 Å². The van der Waals surface area contributed by atoms with E-state index in [1.807, 2.05) is 24.3 Å². The molecule has 1 heterocycles. The number of ketones is 1. The van der Waals surface area contributed by atoms with Crippen molar-refractivity contribution >= 4 is 17.4 Å². The van der Waals surface area contributed by atoms with Crippen LogP contribution in [0.2, 0.25) is 0 Å². The molecular formula is C19H21N3O3. The summed E-state index contributed by atoms with van der Waals surface area (Å²) in [7, 11) is 1.63. The van der Waals surface area contributed by atoms with Crippen LogP contribution >= 0.6 is 0 Å². The number of amides is 1. The van der Waals surface area contributed by atoms with E-state index in [0.717, 1.165) is 11.3 Å². The second-order valence-electron chi connectivity index (χ2n) is 6.03. The summed E-state index contributed by atoms with van der Waals surface area (Å²) in [5, 5.41) is 2.86. The minimum absolute atomic E-state index is 0.0226. The van der Waals surface area contributed by atoms with Gasteiger partial charge in [-0.2, -0.15) is 0 Å². The van der Waals surface area contributed by atoms with Crippen LogP contribution in [0.5, 0.6) is 5.75 Å². The zero-order valence-electron chi connectivity index (χ0n) is 14.2. The van der Waals surface area contributed by atoms with Crippen molar-refractivity contribution in [2.45, 2.75) is 25.4 Å². The zero-order valence-corrected chi connectivity index (χ0v) is 14.2. The van der Waals surface area contributed by atoms with E-state index in [1.165, 1.54) is 6.92 Å². The molecule has 130 valence electrons. The van der Waals surface area contributed by atoms with Crippen molar-refractivity contribution in [3.63, 3.8) is 0 Å². The third-order valence-corrected chi connectivity index (χ3v) is 4.25. The van der Waals surface area contributed by atoms with Gasteiger partial charge in [0.15, 0.2) is 5.78 Å². The lowest BCUT2D eigenvalue weighted by atomic mass is 10.0. The average molecular weight is 339 g/mol. The number of hydrogen-bond acceptors (Lipinski definition) is 5. The molecule has 1 fully saturated rings. The van der Waals surface area contributed by atoms with E-state index < -0.39 is 0 Å². The topological polar surface area (TPSA) is 79.5 Å². The number of anilines is 1. The molecule has 2 aromatic rings. The van der Waals surface area contributed by atoms with Crippen LogP contribution in [0, 0.1) is 0 Å². The number of rotatable bonds is 5. The normalized spacial score (nSPS) is 19.4. The molecule has 3 N–H and O–H groups in total. The molecule has 0 saturated carbocycles. The van der Waals surface area contributed by atoms with Gasteiger partial charge in [0.1, 0.15) is 11.8 Å². The van der Waals surface area contributed by atoms with Crippen molar-refractivity contribution in [1.29, 1.82) is 0 Å². The minimum Gasteiger partial charge on any atom is -0.497 e. The SMILES string of the molecule is COc1cccc(C2CC(C(=O)Nc3cccc(C(C)=O)c3)NN2)c1. The summed E-state index contributed by atoms with van der Waals surface area (Å²) in [6.45, 7) is 1.50. The molecule has 0 radical (unpaired) electrons. The van der Waals surface area contributed by atoms with E-state index in [0.29, 0.717) is 17.7 Å². The summed E-state index contributed by atoms with van der Waals surface area (Å²) in [6.07, 6.45) is 0.616. The summed E-state index contributed by atoms with van der Waals surface area (Å²) in [5.41, 5.74) is 8.43. The third-order valence-electron chi connectivity index (χ3n) is 4.25. The summed E-state index contributed by atoms with van der Waals surface area (Å²) >= 11 is 0. The molecule has 1 amide bonds. The summed E-state index contributed by atoms with van der Waals surface area (Å²) < 4.78 is 5.24. The Bertz CT molecular complexity index is 791. The molecule has 6 heteroatoms. The van der Waals surface area contributed by atoms with Gasteiger partial charge in [-0.3, -0.25) is 9.59 Å². The molecule has 0 bridgehead atoms. The highest BCUT2D eigenvalue weighted by Gasteiger charge is 2.30. The van der Waals surface area contributed by atoms with Gasteiger partial charge in [-0.15, -0.1) is 0 Å². The van der Waals surface area contributed by atoms with Crippen molar-refractivity contribution < 1.29 is 14.3 Å². The van der Waals surface area contributed by atoms with Crippen molar-refractivity contribution in [3.8, 4) is 5.75 Å². The van der Waals surface area contributed by atoms with Gasteiger partial charge in [-0.05, 0) is 43.2 Å². The minimum atomic E-state index is -0.364. The predicted octanol–water partition coefficient (Wildman–Crippen LogP) is 2.44. The summed E-state index contributed by atoms with van der Waals surface area (Å²) in [4.78, 5) is 23.9. The van der Waals surface area contributed by atoms with Gasteiger partial charge < -0.3 is 10.1 Å². The Labute approximate surface area is 146 Å². The van der Waals surface area contributed by atoms with Crippen LogP contribution < -0.4 is 20.9 Å². The number of benzene rings is 2. The number of hydrazine groups is 1. The van der Waals surface area contributed by atoms with Crippen molar-refractivity contribution in [3.05, 3.63) is 59.7 Å². The van der Waals surface area contributed by atoms with Crippen LogP contribution in [0.15, 0.2) is 48.5 Å². The molecule has 3 rings (SSSR count). The highest BCUT2D eigenvalue weighted by Crippen LogP contribution is 2.25. The Kier molecular flexibility index (Phi) is 5.11. The first-order chi connectivity index (χ1) is 12.1. The molecule has 6 nitrogen and oxygen atoms in total. The monoisotopic (exact) mass is 339 g/mol. The molecule has 0 spiro atoms. The quantitative estimate of drug-likeness (QED) is 0.729. The van der Waals surface area contributed by atoms with Gasteiger partial charge in [-0.25, -0.2) is 10.9 Å². The molecule has 1 aliphatic heterocycles. The van der Waals surface area contributed by atoms with E-state index in [-0.39, 0.29) is 23.8 Å². The van der Waals surface area contributed by atoms with E-state index >= 15 is 0 Å². The molecule has 2 atom stereocenters. The fourth-order valence-electron chi connectivity index (χ4n) is 2.85. The Hall–Kier alpha value is -2.70. The Morgan fingerprint density at radius 2 is 1.92 bits per heavy atom. The van der Waals surface area contributed by atoms with Gasteiger partial charge in [0.05, 0.1) is 7.11 Å². The van der Waals surface area contributed by atoms with Gasteiger partial charge in [-0.1, -0.05) is 24.3 Å². The number of carbonyl (C=O) groups is 2. The fraction of sp³-hybridized carbons (Fsp3) is 0.263. The standard InChI is InChI=1S/C19H21N3O3/c1-12(23)13-5-3-7-15(9-13)20-19(24)18-11-17(21-22-18)14-6-4-8-16(10-14)25-2/h3-10,17-18,21-22H,11H2,1-2H3,(H,20,24). The second-order valence-corrected chi connectivity index (χ2v) is 6.03. The van der Waals surface area contributed by atoms with E-state index in [9.17, 15) is 9.59 Å². The van der Waals surface area contributed by atoms with Crippen LogP contribution in [0.1, 0.15) is 35.3 Å². The number of methoxy groups -OCH3 is 1. The van der Waals surface area contributed by atoms with Crippen LogP contribution in [0.4, 0.5) is 5.69 Å². The van der Waals surface area contributed by atoms with Crippen molar-refractivity contribution in [2.75, 3.05) is 12.4 Å². The van der Waals surface area contributed by atoms with Crippen LogP contribution in [-0.4, -0.2) is 24.8 Å². The maximum atomic E-state index is 12.5. The summed E-state index contributed by atoms with van der Waals surface area (Å²) in [6, 6.07) is 14.4. The van der Waals surface area contributed by atoms with E-state index in [2.05, 4.69) is 16.2 Å². The van der Waals surface area contributed by atoms with Crippen molar-refractivity contribution in [2.24, 2.45) is 0 Å². The summed E-state index contributed by atoms with van der Waals surface area (Å²) in [5.74, 6) is 0.613. The molecule has 2 aromatic carbocycles. The molecule has 1 aliphatic rings. The van der Waals surface area contributed by atoms with Gasteiger partial charge in [0.25, 0.3) is 0 Å². The Morgan fingerprint density at radius 3 is 2.68 bits per heavy atom. The number of nitrogens with one attached hydrogen (secondary N) is 3. The average Bonchev–Trinajstić information content (AvgIpc) is 3.12. The van der Waals surface area contributed by atoms with Crippen molar-refractivity contribution in [1.82, 2.24) is 10.9 Å². The zero-order chi connectivity index (χ0) is 17.8. The van der Waals surface area contributed by atoms with Gasteiger partial charge in [0, 0.05) is 17.3 Å². The molecule has 2 unspecified atom stereocenters. The highest BCUT2D eigenvalue weighted by atomic mass is 16.5. The second kappa shape index (κ2) is 7.46. The third kappa shape index (κ3) is 4.04. The predicted molar refractivity (Wildman–Crippen MR) is 95.5 cm³/mol. The number of carbonyl (C=O) groups excluding carboxylic acids is 2. The number of hydrogen-bond donors (Lipinski definition) is 3. The molecule has 25 heavy (non-hydrogen) atoms. The Balaban J connectivity index is 1.64. The Morgan fingerprint density at radius 1 is 1.12 bits per heavy atom. The molecule has 1 saturated heterocycles. The molecular weight excluding hydrogens is 318 g/mol. The number of ether oxygens (including phenoxy) is 1. The van der Waals surface area contributed by atoms with E-state index in [1.54, 1.807) is 31.4 Å². The maximum Gasteiger partial charge on any atom is 0.242 e. The number of Topliss-reactive ketones (excluding diaryl/α,β-unsaturated/α-hetero) is 1. The largest absolute Gasteiger partial charge is 0.497 e. The lowest BCUT2D eigenvalue weighted by Crippen LogP contribution is -2.39.